The molecule has 0 unspecified atom stereocenters. The number of anilines is 1. The first kappa shape index (κ1) is 22.2. The standard InChI is InChI=1S/C20H22ClN3O5/c1-12(2)10-24-18(22)17(19(27)23(3)20(24)28)15(25)11-29-16(26)8-7-13-5-4-6-14(21)9-13/h4-9,12H,10-11,22H2,1-3H3. The Bertz CT molecular complexity index is 1080. The van der Waals surface area contributed by atoms with Crippen LogP contribution in [0.3, 0.4) is 0 Å². The van der Waals surface area contributed by atoms with Gasteiger partial charge in [-0.25, -0.2) is 9.59 Å². The van der Waals surface area contributed by atoms with Gasteiger partial charge in [0.15, 0.2) is 6.61 Å². The summed E-state index contributed by atoms with van der Waals surface area (Å²) < 4.78 is 6.89. The monoisotopic (exact) mass is 419 g/mol. The Labute approximate surface area is 172 Å². The minimum Gasteiger partial charge on any atom is -0.454 e. The third-order valence-electron chi connectivity index (χ3n) is 4.02. The molecule has 2 rings (SSSR count). The summed E-state index contributed by atoms with van der Waals surface area (Å²) in [6.45, 7) is 3.29. The lowest BCUT2D eigenvalue weighted by Gasteiger charge is -2.16. The number of hydrogen-bond donors (Lipinski definition) is 1. The number of carbonyl (C=O) groups is 2. The molecule has 1 aromatic heterocycles. The van der Waals surface area contributed by atoms with Crippen molar-refractivity contribution in [2.24, 2.45) is 13.0 Å². The maximum atomic E-state index is 12.5. The molecule has 8 nitrogen and oxygen atoms in total. The normalized spacial score (nSPS) is 11.2. The highest BCUT2D eigenvalue weighted by molar-refractivity contribution is 6.30. The van der Waals surface area contributed by atoms with Gasteiger partial charge >= 0.3 is 11.7 Å². The van der Waals surface area contributed by atoms with Gasteiger partial charge < -0.3 is 10.5 Å². The summed E-state index contributed by atoms with van der Waals surface area (Å²) in [6, 6.07) is 6.81. The molecule has 29 heavy (non-hydrogen) atoms. The number of halogens is 1. The zero-order valence-electron chi connectivity index (χ0n) is 16.3. The summed E-state index contributed by atoms with van der Waals surface area (Å²) in [5.74, 6) is -1.73. The number of ketones is 1. The van der Waals surface area contributed by atoms with Crippen molar-refractivity contribution in [3.8, 4) is 0 Å². The summed E-state index contributed by atoms with van der Waals surface area (Å²) in [7, 11) is 1.26. The molecule has 2 N–H and O–H groups in total. The van der Waals surface area contributed by atoms with Gasteiger partial charge in [-0.2, -0.15) is 0 Å². The van der Waals surface area contributed by atoms with Crippen LogP contribution in [-0.4, -0.2) is 27.5 Å². The molecule has 0 aliphatic heterocycles. The lowest BCUT2D eigenvalue weighted by atomic mass is 10.1. The highest BCUT2D eigenvalue weighted by atomic mass is 35.5. The SMILES string of the molecule is CC(C)Cn1c(N)c(C(=O)COC(=O)C=Cc2cccc(Cl)c2)c(=O)n(C)c1=O. The molecule has 0 radical (unpaired) electrons. The van der Waals surface area contributed by atoms with Crippen molar-refractivity contribution in [2.45, 2.75) is 20.4 Å². The summed E-state index contributed by atoms with van der Waals surface area (Å²) >= 11 is 5.87. The molecule has 0 bridgehead atoms. The summed E-state index contributed by atoms with van der Waals surface area (Å²) in [5, 5.41) is 0.513. The number of ether oxygens (including phenoxy) is 1. The predicted octanol–water partition coefficient (Wildman–Crippen LogP) is 1.88. The number of Topliss-reactive ketones (excluding diaryl/α,β-unsaturated/α-hetero) is 1. The number of aromatic nitrogens is 2. The molecular weight excluding hydrogens is 398 g/mol. The van der Waals surface area contributed by atoms with E-state index in [0.29, 0.717) is 10.6 Å². The van der Waals surface area contributed by atoms with E-state index in [0.717, 1.165) is 10.6 Å². The van der Waals surface area contributed by atoms with Crippen molar-refractivity contribution in [3.63, 3.8) is 0 Å². The minimum absolute atomic E-state index is 0.0601. The Kier molecular flexibility index (Phi) is 7.17. The van der Waals surface area contributed by atoms with E-state index in [1.807, 2.05) is 13.8 Å². The van der Waals surface area contributed by atoms with Gasteiger partial charge in [-0.05, 0) is 29.7 Å². The van der Waals surface area contributed by atoms with Crippen LogP contribution in [0.2, 0.25) is 5.02 Å². The smallest absolute Gasteiger partial charge is 0.332 e. The molecule has 0 aliphatic rings. The molecule has 0 amide bonds. The summed E-state index contributed by atoms with van der Waals surface area (Å²) in [5.41, 5.74) is 4.78. The Balaban J connectivity index is 2.18. The third-order valence-corrected chi connectivity index (χ3v) is 4.25. The number of rotatable bonds is 7. The number of nitrogens with zero attached hydrogens (tertiary/aromatic N) is 2. The van der Waals surface area contributed by atoms with Crippen LogP contribution in [0.4, 0.5) is 5.82 Å². The van der Waals surface area contributed by atoms with E-state index in [9.17, 15) is 19.2 Å². The van der Waals surface area contributed by atoms with E-state index < -0.39 is 29.6 Å². The van der Waals surface area contributed by atoms with E-state index in [-0.39, 0.29) is 23.8 Å². The molecule has 0 fully saturated rings. The van der Waals surface area contributed by atoms with Crippen LogP contribution in [0.25, 0.3) is 6.08 Å². The average molecular weight is 420 g/mol. The molecule has 2 aromatic rings. The van der Waals surface area contributed by atoms with Crippen LogP contribution < -0.4 is 17.0 Å². The lowest BCUT2D eigenvalue weighted by Crippen LogP contribution is -2.43. The van der Waals surface area contributed by atoms with Gasteiger partial charge in [0.2, 0.25) is 5.78 Å². The molecular formula is C20H22ClN3O5. The third kappa shape index (κ3) is 5.45. The van der Waals surface area contributed by atoms with Crippen LogP contribution in [-0.2, 0) is 23.1 Å². The molecule has 0 spiro atoms. The fraction of sp³-hybridized carbons (Fsp3) is 0.300. The Morgan fingerprint density at radius 2 is 1.97 bits per heavy atom. The first-order chi connectivity index (χ1) is 13.6. The van der Waals surface area contributed by atoms with Crippen LogP contribution in [0.5, 0.6) is 0 Å². The molecule has 1 heterocycles. The van der Waals surface area contributed by atoms with Crippen molar-refractivity contribution in [2.75, 3.05) is 12.3 Å². The topological polar surface area (TPSA) is 113 Å². The predicted molar refractivity (Wildman–Crippen MR) is 111 cm³/mol. The van der Waals surface area contributed by atoms with E-state index >= 15 is 0 Å². The van der Waals surface area contributed by atoms with Gasteiger partial charge in [-0.15, -0.1) is 0 Å². The number of esters is 1. The summed E-state index contributed by atoms with van der Waals surface area (Å²) in [6.07, 6.45) is 2.62. The van der Waals surface area contributed by atoms with Crippen LogP contribution in [0, 0.1) is 5.92 Å². The fourth-order valence-corrected chi connectivity index (χ4v) is 2.82. The van der Waals surface area contributed by atoms with Crippen LogP contribution in [0.1, 0.15) is 29.8 Å². The molecule has 0 atom stereocenters. The van der Waals surface area contributed by atoms with Gasteiger partial charge in [0.1, 0.15) is 11.4 Å². The number of nitrogens with two attached hydrogens (primary N) is 1. The van der Waals surface area contributed by atoms with Crippen molar-refractivity contribution >= 4 is 35.2 Å². The maximum absolute atomic E-state index is 12.5. The van der Waals surface area contributed by atoms with E-state index in [2.05, 4.69) is 0 Å². The van der Waals surface area contributed by atoms with E-state index in [4.69, 9.17) is 22.1 Å². The number of hydrogen-bond acceptors (Lipinski definition) is 6. The zero-order valence-corrected chi connectivity index (χ0v) is 17.1. The maximum Gasteiger partial charge on any atom is 0.332 e. The molecule has 9 heteroatoms. The molecule has 1 aromatic carbocycles. The first-order valence-electron chi connectivity index (χ1n) is 8.84. The molecule has 0 aliphatic carbocycles. The van der Waals surface area contributed by atoms with Crippen molar-refractivity contribution in [3.05, 3.63) is 67.3 Å². The van der Waals surface area contributed by atoms with Crippen molar-refractivity contribution in [1.82, 2.24) is 9.13 Å². The largest absolute Gasteiger partial charge is 0.454 e. The van der Waals surface area contributed by atoms with Gasteiger partial charge in [-0.1, -0.05) is 37.6 Å². The molecule has 0 saturated heterocycles. The van der Waals surface area contributed by atoms with Crippen LogP contribution >= 0.6 is 11.6 Å². The highest BCUT2D eigenvalue weighted by Crippen LogP contribution is 2.12. The Morgan fingerprint density at radius 3 is 2.59 bits per heavy atom. The van der Waals surface area contributed by atoms with E-state index in [1.165, 1.54) is 17.7 Å². The van der Waals surface area contributed by atoms with Crippen LogP contribution in [0.15, 0.2) is 39.9 Å². The molecule has 0 saturated carbocycles. The second-order valence-corrected chi connectivity index (χ2v) is 7.27. The minimum atomic E-state index is -0.831. The van der Waals surface area contributed by atoms with Gasteiger partial charge in [0, 0.05) is 24.7 Å². The van der Waals surface area contributed by atoms with E-state index in [1.54, 1.807) is 24.3 Å². The first-order valence-corrected chi connectivity index (χ1v) is 9.22. The molecule has 154 valence electrons. The summed E-state index contributed by atoms with van der Waals surface area (Å²) in [4.78, 5) is 49.0. The van der Waals surface area contributed by atoms with Gasteiger partial charge in [0.25, 0.3) is 5.56 Å². The quantitative estimate of drug-likeness (QED) is 0.416. The highest BCUT2D eigenvalue weighted by Gasteiger charge is 2.22. The number of benzene rings is 1. The Morgan fingerprint density at radius 1 is 1.28 bits per heavy atom. The number of nitrogen functional groups attached to an aromatic ring is 1. The fourth-order valence-electron chi connectivity index (χ4n) is 2.62. The Hall–Kier alpha value is -3.13. The van der Waals surface area contributed by atoms with Crippen molar-refractivity contribution in [1.29, 1.82) is 0 Å². The van der Waals surface area contributed by atoms with Gasteiger partial charge in [0.05, 0.1) is 0 Å². The lowest BCUT2D eigenvalue weighted by molar-refractivity contribution is -0.136. The zero-order chi connectivity index (χ0) is 21.7. The number of carbonyl (C=O) groups excluding carboxylic acids is 2. The second-order valence-electron chi connectivity index (χ2n) is 6.83. The average Bonchev–Trinajstić information content (AvgIpc) is 2.66. The van der Waals surface area contributed by atoms with Crippen molar-refractivity contribution < 1.29 is 14.3 Å². The second kappa shape index (κ2) is 9.38. The van der Waals surface area contributed by atoms with Gasteiger partial charge in [-0.3, -0.25) is 18.7 Å².